The predicted octanol–water partition coefficient (Wildman–Crippen LogP) is 2.32. The molecule has 0 spiro atoms. The molecule has 0 amide bonds. The molecule has 0 aromatic heterocycles. The van der Waals surface area contributed by atoms with E-state index in [1.165, 1.54) is 25.0 Å². The molecule has 2 N–H and O–H groups in total. The van der Waals surface area contributed by atoms with Gasteiger partial charge >= 0.3 is 0 Å². The Kier molecular flexibility index (Phi) is 5.38. The fourth-order valence-corrected chi connectivity index (χ4v) is 2.56. The van der Waals surface area contributed by atoms with Gasteiger partial charge < -0.3 is 10.4 Å². The Morgan fingerprint density at radius 2 is 1.95 bits per heavy atom. The van der Waals surface area contributed by atoms with Gasteiger partial charge in [-0.3, -0.25) is 0 Å². The monoisotopic (exact) mass is 261 g/mol. The first kappa shape index (κ1) is 14.0. The van der Waals surface area contributed by atoms with E-state index in [1.54, 1.807) is 12.1 Å². The number of aliphatic hydroxyl groups excluding tert-OH is 1. The third kappa shape index (κ3) is 4.34. The summed E-state index contributed by atoms with van der Waals surface area (Å²) >= 11 is 0. The van der Waals surface area contributed by atoms with Crippen molar-refractivity contribution >= 4 is 0 Å². The summed E-state index contributed by atoms with van der Waals surface area (Å²) in [6.07, 6.45) is 4.65. The first-order valence-corrected chi connectivity index (χ1v) is 6.88. The highest BCUT2D eigenvalue weighted by atomic mass is 19.1. The minimum Gasteiger partial charge on any atom is -0.396 e. The third-order valence-corrected chi connectivity index (χ3v) is 3.67. The van der Waals surface area contributed by atoms with E-state index in [-0.39, 0.29) is 12.4 Å². The van der Waals surface area contributed by atoms with Crippen LogP contribution in [-0.2, 0) is 0 Å². The van der Waals surface area contributed by atoms with Crippen molar-refractivity contribution < 1.29 is 9.50 Å². The van der Waals surface area contributed by atoms with E-state index in [0.717, 1.165) is 18.4 Å². The fraction of sp³-hybridized carbons (Fsp3) is 0.500. The molecule has 0 aliphatic heterocycles. The topological polar surface area (TPSA) is 32.3 Å². The van der Waals surface area contributed by atoms with Crippen LogP contribution in [0.4, 0.5) is 4.39 Å². The highest BCUT2D eigenvalue weighted by Crippen LogP contribution is 2.23. The van der Waals surface area contributed by atoms with E-state index in [9.17, 15) is 9.50 Å². The first-order valence-electron chi connectivity index (χ1n) is 6.88. The van der Waals surface area contributed by atoms with E-state index in [1.807, 2.05) is 0 Å². The van der Waals surface area contributed by atoms with Gasteiger partial charge in [-0.05, 0) is 43.0 Å². The summed E-state index contributed by atoms with van der Waals surface area (Å²) in [5.74, 6) is 6.17. The molecular formula is C16H20FNO. The van der Waals surface area contributed by atoms with Crippen LogP contribution in [0.5, 0.6) is 0 Å². The summed E-state index contributed by atoms with van der Waals surface area (Å²) in [7, 11) is 0. The quantitative estimate of drug-likeness (QED) is 0.818. The maximum absolute atomic E-state index is 12.7. The number of aliphatic hydroxyl groups is 1. The molecule has 0 heterocycles. The highest BCUT2D eigenvalue weighted by molar-refractivity contribution is 5.34. The number of halogens is 1. The van der Waals surface area contributed by atoms with Gasteiger partial charge in [0.25, 0.3) is 0 Å². The van der Waals surface area contributed by atoms with Crippen molar-refractivity contribution in [3.8, 4) is 11.8 Å². The van der Waals surface area contributed by atoms with Crippen molar-refractivity contribution in [2.75, 3.05) is 13.2 Å². The van der Waals surface area contributed by atoms with Crippen LogP contribution in [0.15, 0.2) is 24.3 Å². The van der Waals surface area contributed by atoms with Crippen LogP contribution in [0.2, 0.25) is 0 Å². The average Bonchev–Trinajstić information content (AvgIpc) is 2.46. The lowest BCUT2D eigenvalue weighted by Crippen LogP contribution is -2.40. The Morgan fingerprint density at radius 1 is 1.21 bits per heavy atom. The van der Waals surface area contributed by atoms with Crippen LogP contribution in [0.1, 0.15) is 31.2 Å². The van der Waals surface area contributed by atoms with E-state index in [4.69, 9.17) is 0 Å². The van der Waals surface area contributed by atoms with Crippen LogP contribution >= 0.6 is 0 Å². The minimum absolute atomic E-state index is 0.239. The summed E-state index contributed by atoms with van der Waals surface area (Å²) in [4.78, 5) is 0. The largest absolute Gasteiger partial charge is 0.396 e. The maximum atomic E-state index is 12.7. The average molecular weight is 261 g/mol. The molecule has 0 radical (unpaired) electrons. The lowest BCUT2D eigenvalue weighted by molar-refractivity contribution is 0.155. The van der Waals surface area contributed by atoms with Crippen molar-refractivity contribution in [3.05, 3.63) is 35.6 Å². The Labute approximate surface area is 114 Å². The molecule has 2 nitrogen and oxygen atoms in total. The van der Waals surface area contributed by atoms with Gasteiger partial charge in [-0.15, -0.1) is 0 Å². The van der Waals surface area contributed by atoms with Gasteiger partial charge in [0.15, 0.2) is 0 Å². The molecule has 2 rings (SSSR count). The van der Waals surface area contributed by atoms with Crippen LogP contribution in [0.25, 0.3) is 0 Å². The minimum atomic E-state index is -0.239. The van der Waals surface area contributed by atoms with Gasteiger partial charge in [0.1, 0.15) is 5.82 Å². The molecule has 102 valence electrons. The third-order valence-electron chi connectivity index (χ3n) is 3.67. The summed E-state index contributed by atoms with van der Waals surface area (Å²) in [6.45, 7) is 0.863. The zero-order chi connectivity index (χ0) is 13.5. The van der Waals surface area contributed by atoms with Gasteiger partial charge in [-0.1, -0.05) is 24.7 Å². The first-order chi connectivity index (χ1) is 9.29. The zero-order valence-electron chi connectivity index (χ0n) is 11.0. The molecule has 1 fully saturated rings. The van der Waals surface area contributed by atoms with Gasteiger partial charge in [-0.2, -0.15) is 0 Å². The van der Waals surface area contributed by atoms with Gasteiger partial charge in [0, 0.05) is 18.2 Å². The molecule has 1 aliphatic rings. The van der Waals surface area contributed by atoms with Crippen molar-refractivity contribution in [1.82, 2.24) is 5.32 Å². The summed E-state index contributed by atoms with van der Waals surface area (Å²) in [5.41, 5.74) is 0.825. The number of hydrogen-bond donors (Lipinski definition) is 2. The van der Waals surface area contributed by atoms with Crippen LogP contribution < -0.4 is 5.32 Å². The summed E-state index contributed by atoms with van der Waals surface area (Å²) in [5, 5.41) is 12.7. The molecule has 2 atom stereocenters. The molecule has 1 aromatic carbocycles. The SMILES string of the molecule is OC[C@H]1CCCC[C@@H]1NCC#Cc1ccc(F)cc1. The molecular weight excluding hydrogens is 241 g/mol. The number of rotatable bonds is 3. The molecule has 19 heavy (non-hydrogen) atoms. The Morgan fingerprint density at radius 3 is 2.68 bits per heavy atom. The standard InChI is InChI=1S/C16H20FNO/c17-15-9-7-13(8-10-15)4-3-11-18-16-6-2-1-5-14(16)12-19/h7-10,14,16,18-19H,1-2,5-6,11-12H2/t14-,16+/m1/s1. The molecule has 0 unspecified atom stereocenters. The highest BCUT2D eigenvalue weighted by Gasteiger charge is 2.23. The summed E-state index contributed by atoms with van der Waals surface area (Å²) < 4.78 is 12.7. The second-order valence-electron chi connectivity index (χ2n) is 5.02. The van der Waals surface area contributed by atoms with Gasteiger partial charge in [0.2, 0.25) is 0 Å². The number of hydrogen-bond acceptors (Lipinski definition) is 2. The van der Waals surface area contributed by atoms with Gasteiger partial charge in [0.05, 0.1) is 6.54 Å². The predicted molar refractivity (Wildman–Crippen MR) is 74.1 cm³/mol. The van der Waals surface area contributed by atoms with Crippen LogP contribution in [-0.4, -0.2) is 24.3 Å². The molecule has 0 bridgehead atoms. The molecule has 1 saturated carbocycles. The Hall–Kier alpha value is -1.37. The summed E-state index contributed by atoms with van der Waals surface area (Å²) in [6, 6.07) is 6.57. The Bertz CT molecular complexity index is 446. The molecule has 1 aromatic rings. The van der Waals surface area contributed by atoms with E-state index in [0.29, 0.717) is 18.5 Å². The normalized spacial score (nSPS) is 22.6. The lowest BCUT2D eigenvalue weighted by atomic mass is 9.85. The van der Waals surface area contributed by atoms with Gasteiger partial charge in [-0.25, -0.2) is 4.39 Å². The van der Waals surface area contributed by atoms with Crippen LogP contribution in [0.3, 0.4) is 0 Å². The zero-order valence-corrected chi connectivity index (χ0v) is 11.0. The van der Waals surface area contributed by atoms with Crippen molar-refractivity contribution in [1.29, 1.82) is 0 Å². The second kappa shape index (κ2) is 7.28. The molecule has 0 saturated heterocycles. The fourth-order valence-electron chi connectivity index (χ4n) is 2.56. The van der Waals surface area contributed by atoms with E-state index >= 15 is 0 Å². The Balaban J connectivity index is 1.81. The van der Waals surface area contributed by atoms with Crippen molar-refractivity contribution in [2.24, 2.45) is 5.92 Å². The lowest BCUT2D eigenvalue weighted by Gasteiger charge is -2.30. The van der Waals surface area contributed by atoms with Crippen molar-refractivity contribution in [2.45, 2.75) is 31.7 Å². The number of nitrogens with one attached hydrogen (secondary N) is 1. The smallest absolute Gasteiger partial charge is 0.123 e. The molecule has 3 heteroatoms. The number of benzene rings is 1. The van der Waals surface area contributed by atoms with Crippen LogP contribution in [0, 0.1) is 23.6 Å². The molecule has 1 aliphatic carbocycles. The van der Waals surface area contributed by atoms with Crippen molar-refractivity contribution in [3.63, 3.8) is 0 Å². The van der Waals surface area contributed by atoms with E-state index in [2.05, 4.69) is 17.2 Å². The van der Waals surface area contributed by atoms with E-state index < -0.39 is 0 Å². The second-order valence-corrected chi connectivity index (χ2v) is 5.02. The maximum Gasteiger partial charge on any atom is 0.123 e.